The minimum Gasteiger partial charge on any atom is -0.448 e. The summed E-state index contributed by atoms with van der Waals surface area (Å²) in [6.45, 7) is 0.343. The summed E-state index contributed by atoms with van der Waals surface area (Å²) in [4.78, 5) is 28.4. The van der Waals surface area contributed by atoms with E-state index in [0.29, 0.717) is 13.0 Å². The number of piperidine rings is 2. The average molecular weight is 492 g/mol. The third-order valence-corrected chi connectivity index (χ3v) is 8.41. The van der Waals surface area contributed by atoms with Gasteiger partial charge in [0.1, 0.15) is 12.4 Å². The summed E-state index contributed by atoms with van der Waals surface area (Å²) < 4.78 is 6.02. The van der Waals surface area contributed by atoms with Crippen LogP contribution in [0.1, 0.15) is 61.1 Å². The second-order valence-electron chi connectivity index (χ2n) is 10.6. The molecule has 0 radical (unpaired) electrons. The largest absolute Gasteiger partial charge is 0.448 e. The maximum atomic E-state index is 13.4. The standard InChI is InChI=1S/C33H33NO3/c35-32(19-8-12-23-10-2-1-3-11-23)24-20-25-13-9-14-26(21-24)34(25)33(36)37-22-31-29-17-6-4-15-27(29)28-16-5-7-18-30(28)31/h1-8,10-12,15-18,24-26,31H,9,13-14,19-22H2/b12-8+. The first kappa shape index (κ1) is 23.7. The fraction of sp³-hybridized carbons (Fsp3) is 0.333. The highest BCUT2D eigenvalue weighted by Crippen LogP contribution is 2.45. The Morgan fingerprint density at radius 3 is 2.05 bits per heavy atom. The molecule has 2 unspecified atom stereocenters. The topological polar surface area (TPSA) is 46.6 Å². The Hall–Kier alpha value is -3.66. The summed E-state index contributed by atoms with van der Waals surface area (Å²) in [5.41, 5.74) is 6.03. The Morgan fingerprint density at radius 1 is 0.811 bits per heavy atom. The van der Waals surface area contributed by atoms with Crippen LogP contribution in [0.5, 0.6) is 0 Å². The maximum Gasteiger partial charge on any atom is 0.410 e. The molecule has 3 aromatic rings. The number of ether oxygens (including phenoxy) is 1. The monoisotopic (exact) mass is 491 g/mol. The zero-order chi connectivity index (χ0) is 25.2. The predicted molar refractivity (Wildman–Crippen MR) is 146 cm³/mol. The molecule has 188 valence electrons. The molecule has 3 aromatic carbocycles. The van der Waals surface area contributed by atoms with Crippen LogP contribution in [0.25, 0.3) is 17.2 Å². The Bertz CT molecular complexity index is 1250. The van der Waals surface area contributed by atoms with Crippen molar-refractivity contribution in [1.29, 1.82) is 0 Å². The number of benzene rings is 3. The van der Waals surface area contributed by atoms with E-state index in [1.54, 1.807) is 0 Å². The molecule has 2 bridgehead atoms. The zero-order valence-corrected chi connectivity index (χ0v) is 21.1. The van der Waals surface area contributed by atoms with Gasteiger partial charge in [-0.1, -0.05) is 91.0 Å². The number of carbonyl (C=O) groups is 2. The lowest BCUT2D eigenvalue weighted by atomic mass is 9.76. The highest BCUT2D eigenvalue weighted by Gasteiger charge is 2.43. The predicted octanol–water partition coefficient (Wildman–Crippen LogP) is 7.24. The van der Waals surface area contributed by atoms with E-state index in [1.165, 1.54) is 22.3 Å². The maximum absolute atomic E-state index is 13.4. The molecule has 1 aliphatic carbocycles. The van der Waals surface area contributed by atoms with Gasteiger partial charge in [-0.15, -0.1) is 0 Å². The summed E-state index contributed by atoms with van der Waals surface area (Å²) in [7, 11) is 0. The molecule has 6 rings (SSSR count). The average Bonchev–Trinajstić information content (AvgIpc) is 3.25. The molecule has 2 fully saturated rings. The van der Waals surface area contributed by atoms with Crippen molar-refractivity contribution in [3.05, 3.63) is 102 Å². The van der Waals surface area contributed by atoms with Gasteiger partial charge in [-0.3, -0.25) is 4.79 Å². The summed E-state index contributed by atoms with van der Waals surface area (Å²) in [5.74, 6) is 0.372. The smallest absolute Gasteiger partial charge is 0.410 e. The third-order valence-electron chi connectivity index (χ3n) is 8.41. The van der Waals surface area contributed by atoms with Crippen LogP contribution >= 0.6 is 0 Å². The molecule has 4 nitrogen and oxygen atoms in total. The Balaban J connectivity index is 1.10. The fourth-order valence-corrected chi connectivity index (χ4v) is 6.65. The fourth-order valence-electron chi connectivity index (χ4n) is 6.65. The lowest BCUT2D eigenvalue weighted by Crippen LogP contribution is -2.55. The third kappa shape index (κ3) is 4.73. The lowest BCUT2D eigenvalue weighted by Gasteiger charge is -2.47. The number of carbonyl (C=O) groups excluding carboxylic acids is 2. The van der Waals surface area contributed by atoms with Crippen molar-refractivity contribution >= 4 is 18.0 Å². The van der Waals surface area contributed by atoms with Crippen LogP contribution in [0.4, 0.5) is 4.79 Å². The SMILES string of the molecule is O=C(C/C=C/c1ccccc1)C1CC2CCCC(C1)N2C(=O)OCC1c2ccccc2-c2ccccc21. The summed E-state index contributed by atoms with van der Waals surface area (Å²) >= 11 is 0. The molecule has 3 aliphatic rings. The molecule has 2 atom stereocenters. The Morgan fingerprint density at radius 2 is 1.41 bits per heavy atom. The first-order chi connectivity index (χ1) is 18.2. The highest BCUT2D eigenvalue weighted by molar-refractivity contribution is 5.84. The van der Waals surface area contributed by atoms with E-state index in [-0.39, 0.29) is 35.8 Å². The number of hydrogen-bond acceptors (Lipinski definition) is 3. The van der Waals surface area contributed by atoms with Crippen molar-refractivity contribution in [3.63, 3.8) is 0 Å². The van der Waals surface area contributed by atoms with Crippen LogP contribution in [-0.2, 0) is 9.53 Å². The van der Waals surface area contributed by atoms with Crippen molar-refractivity contribution in [2.45, 2.75) is 56.5 Å². The lowest BCUT2D eigenvalue weighted by molar-refractivity contribution is -0.125. The van der Waals surface area contributed by atoms with E-state index in [1.807, 2.05) is 47.4 Å². The molecule has 0 spiro atoms. The number of amides is 1. The van der Waals surface area contributed by atoms with E-state index in [2.05, 4.69) is 48.5 Å². The second kappa shape index (κ2) is 10.4. The van der Waals surface area contributed by atoms with Crippen molar-refractivity contribution in [1.82, 2.24) is 4.90 Å². The molecule has 0 N–H and O–H groups in total. The van der Waals surface area contributed by atoms with Gasteiger partial charge in [0, 0.05) is 30.3 Å². The quantitative estimate of drug-likeness (QED) is 0.365. The van der Waals surface area contributed by atoms with Crippen LogP contribution in [0.3, 0.4) is 0 Å². The van der Waals surface area contributed by atoms with Crippen LogP contribution < -0.4 is 0 Å². The number of ketones is 1. The molecule has 2 aliphatic heterocycles. The number of hydrogen-bond donors (Lipinski definition) is 0. The van der Waals surface area contributed by atoms with Gasteiger partial charge < -0.3 is 9.64 Å². The van der Waals surface area contributed by atoms with Gasteiger partial charge in [0.05, 0.1) is 0 Å². The normalized spacial score (nSPS) is 22.5. The highest BCUT2D eigenvalue weighted by atomic mass is 16.6. The number of nitrogens with zero attached hydrogens (tertiary/aromatic N) is 1. The molecular formula is C33H33NO3. The zero-order valence-electron chi connectivity index (χ0n) is 21.1. The molecule has 1 amide bonds. The van der Waals surface area contributed by atoms with Crippen molar-refractivity contribution in [2.24, 2.45) is 5.92 Å². The molecule has 0 aromatic heterocycles. The summed E-state index contributed by atoms with van der Waals surface area (Å²) in [6.07, 6.45) is 8.73. The Kier molecular flexibility index (Phi) is 6.65. The van der Waals surface area contributed by atoms with Crippen LogP contribution in [0.2, 0.25) is 0 Å². The van der Waals surface area contributed by atoms with Gasteiger partial charge in [-0.05, 0) is 59.9 Å². The van der Waals surface area contributed by atoms with E-state index in [4.69, 9.17) is 4.74 Å². The molecule has 37 heavy (non-hydrogen) atoms. The van der Waals surface area contributed by atoms with Crippen LogP contribution in [-0.4, -0.2) is 35.5 Å². The number of Topliss-reactive ketones (excluding diaryl/α,β-unsaturated/α-hetero) is 1. The number of rotatable bonds is 6. The van der Waals surface area contributed by atoms with E-state index in [9.17, 15) is 9.59 Å². The van der Waals surface area contributed by atoms with E-state index < -0.39 is 0 Å². The van der Waals surface area contributed by atoms with E-state index >= 15 is 0 Å². The van der Waals surface area contributed by atoms with Gasteiger partial charge in [-0.25, -0.2) is 4.79 Å². The molecule has 4 heteroatoms. The van der Waals surface area contributed by atoms with Gasteiger partial charge in [0.2, 0.25) is 0 Å². The molecular weight excluding hydrogens is 458 g/mol. The number of allylic oxidation sites excluding steroid dienone is 1. The van der Waals surface area contributed by atoms with Crippen LogP contribution in [0.15, 0.2) is 84.9 Å². The molecule has 2 heterocycles. The van der Waals surface area contributed by atoms with Gasteiger partial charge in [0.15, 0.2) is 0 Å². The first-order valence-electron chi connectivity index (χ1n) is 13.6. The minimum absolute atomic E-state index is 0.0216. The summed E-state index contributed by atoms with van der Waals surface area (Å²) in [5, 5.41) is 0. The summed E-state index contributed by atoms with van der Waals surface area (Å²) in [6, 6.07) is 27.1. The minimum atomic E-state index is -0.216. The van der Waals surface area contributed by atoms with Gasteiger partial charge in [-0.2, -0.15) is 0 Å². The van der Waals surface area contributed by atoms with Crippen molar-refractivity contribution in [3.8, 4) is 11.1 Å². The van der Waals surface area contributed by atoms with Crippen molar-refractivity contribution in [2.75, 3.05) is 6.61 Å². The van der Waals surface area contributed by atoms with Crippen LogP contribution in [0, 0.1) is 5.92 Å². The van der Waals surface area contributed by atoms with Gasteiger partial charge in [0.25, 0.3) is 0 Å². The van der Waals surface area contributed by atoms with E-state index in [0.717, 1.165) is 37.7 Å². The molecule has 2 saturated heterocycles. The first-order valence-corrected chi connectivity index (χ1v) is 13.6. The number of fused-ring (bicyclic) bond motifs is 5. The Labute approximate surface area is 219 Å². The van der Waals surface area contributed by atoms with Gasteiger partial charge >= 0.3 is 6.09 Å². The second-order valence-corrected chi connectivity index (χ2v) is 10.6. The molecule has 0 saturated carbocycles. The van der Waals surface area contributed by atoms with Crippen molar-refractivity contribution < 1.29 is 14.3 Å².